The van der Waals surface area contributed by atoms with Gasteiger partial charge in [-0.25, -0.2) is 8.78 Å². The van der Waals surface area contributed by atoms with E-state index in [9.17, 15) is 13.6 Å². The Kier molecular flexibility index (Phi) is 6.14. The van der Waals surface area contributed by atoms with E-state index in [1.54, 1.807) is 13.0 Å². The van der Waals surface area contributed by atoms with Crippen LogP contribution in [0.25, 0.3) is 0 Å². The van der Waals surface area contributed by atoms with Crippen molar-refractivity contribution in [2.24, 2.45) is 0 Å². The molecule has 0 bridgehead atoms. The largest absolute Gasteiger partial charge is 0.494 e. The van der Waals surface area contributed by atoms with Crippen LogP contribution in [-0.4, -0.2) is 19.6 Å². The van der Waals surface area contributed by atoms with Crippen LogP contribution in [0, 0.1) is 11.6 Å². The SMILES string of the molecule is COc1ccc([C@H](C)NC(=O)COc2ccc(F)cc2Br)cc1F. The Morgan fingerprint density at radius 2 is 1.92 bits per heavy atom. The van der Waals surface area contributed by atoms with Gasteiger partial charge in [0.2, 0.25) is 0 Å². The molecule has 24 heavy (non-hydrogen) atoms. The van der Waals surface area contributed by atoms with Gasteiger partial charge in [-0.05, 0) is 58.7 Å². The topological polar surface area (TPSA) is 47.6 Å². The molecular weight excluding hydrogens is 384 g/mol. The van der Waals surface area contributed by atoms with E-state index in [1.165, 1.54) is 37.4 Å². The first kappa shape index (κ1) is 18.2. The van der Waals surface area contributed by atoms with Crippen molar-refractivity contribution in [2.45, 2.75) is 13.0 Å². The summed E-state index contributed by atoms with van der Waals surface area (Å²) >= 11 is 3.16. The van der Waals surface area contributed by atoms with Crippen molar-refractivity contribution in [1.29, 1.82) is 0 Å². The van der Waals surface area contributed by atoms with E-state index in [0.717, 1.165) is 0 Å². The quantitative estimate of drug-likeness (QED) is 0.798. The molecule has 0 aromatic heterocycles. The van der Waals surface area contributed by atoms with E-state index in [-0.39, 0.29) is 18.3 Å². The predicted octanol–water partition coefficient (Wildman–Crippen LogP) is 3.99. The summed E-state index contributed by atoms with van der Waals surface area (Å²) in [5.74, 6) is -0.789. The van der Waals surface area contributed by atoms with Gasteiger partial charge in [0, 0.05) is 0 Å². The number of amides is 1. The zero-order chi connectivity index (χ0) is 17.7. The first-order valence-electron chi connectivity index (χ1n) is 7.11. The third-order valence-corrected chi connectivity index (χ3v) is 3.93. The number of carbonyl (C=O) groups is 1. The molecule has 4 nitrogen and oxygen atoms in total. The molecule has 1 N–H and O–H groups in total. The Balaban J connectivity index is 1.93. The first-order valence-corrected chi connectivity index (χ1v) is 7.90. The van der Waals surface area contributed by atoms with E-state index in [1.807, 2.05) is 0 Å². The highest BCUT2D eigenvalue weighted by Crippen LogP contribution is 2.25. The van der Waals surface area contributed by atoms with Crippen molar-refractivity contribution in [2.75, 3.05) is 13.7 Å². The summed E-state index contributed by atoms with van der Waals surface area (Å²) in [6.07, 6.45) is 0. The Morgan fingerprint density at radius 1 is 1.21 bits per heavy atom. The monoisotopic (exact) mass is 399 g/mol. The van der Waals surface area contributed by atoms with Crippen LogP contribution in [-0.2, 0) is 4.79 Å². The number of nitrogens with one attached hydrogen (secondary N) is 1. The van der Waals surface area contributed by atoms with Gasteiger partial charge in [0.15, 0.2) is 18.2 Å². The number of ether oxygens (including phenoxy) is 2. The third-order valence-electron chi connectivity index (χ3n) is 3.31. The van der Waals surface area contributed by atoms with E-state index >= 15 is 0 Å². The van der Waals surface area contributed by atoms with Crippen molar-refractivity contribution in [3.05, 3.63) is 58.1 Å². The molecule has 1 atom stereocenters. The minimum Gasteiger partial charge on any atom is -0.494 e. The second-order valence-electron chi connectivity index (χ2n) is 5.05. The number of halogens is 3. The molecule has 7 heteroatoms. The number of carbonyl (C=O) groups excluding carboxylic acids is 1. The van der Waals surface area contributed by atoms with Crippen LogP contribution in [0.15, 0.2) is 40.9 Å². The highest BCUT2D eigenvalue weighted by Gasteiger charge is 2.13. The maximum Gasteiger partial charge on any atom is 0.258 e. The van der Waals surface area contributed by atoms with Crippen LogP contribution in [0.5, 0.6) is 11.5 Å². The molecular formula is C17H16BrF2NO3. The smallest absolute Gasteiger partial charge is 0.258 e. The highest BCUT2D eigenvalue weighted by atomic mass is 79.9. The van der Waals surface area contributed by atoms with Gasteiger partial charge in [0.25, 0.3) is 5.91 Å². The third kappa shape index (κ3) is 4.67. The summed E-state index contributed by atoms with van der Waals surface area (Å²) in [5.41, 5.74) is 0.601. The molecule has 0 unspecified atom stereocenters. The van der Waals surface area contributed by atoms with Crippen molar-refractivity contribution in [3.63, 3.8) is 0 Å². The van der Waals surface area contributed by atoms with Crippen molar-refractivity contribution >= 4 is 21.8 Å². The van der Waals surface area contributed by atoms with Crippen LogP contribution in [0.1, 0.15) is 18.5 Å². The minimum absolute atomic E-state index is 0.141. The number of hydrogen-bond donors (Lipinski definition) is 1. The maximum atomic E-state index is 13.7. The zero-order valence-corrected chi connectivity index (χ0v) is 14.7. The molecule has 0 saturated heterocycles. The van der Waals surface area contributed by atoms with Crippen LogP contribution in [0.3, 0.4) is 0 Å². The Bertz CT molecular complexity index is 740. The van der Waals surface area contributed by atoms with Gasteiger partial charge in [0.05, 0.1) is 17.6 Å². The average Bonchev–Trinajstić information content (AvgIpc) is 2.53. The fourth-order valence-electron chi connectivity index (χ4n) is 2.05. The lowest BCUT2D eigenvalue weighted by molar-refractivity contribution is -0.123. The lowest BCUT2D eigenvalue weighted by Crippen LogP contribution is -2.31. The van der Waals surface area contributed by atoms with Gasteiger partial charge >= 0.3 is 0 Å². The number of benzene rings is 2. The van der Waals surface area contributed by atoms with E-state index in [0.29, 0.717) is 15.8 Å². The summed E-state index contributed by atoms with van der Waals surface area (Å²) in [6.45, 7) is 1.49. The van der Waals surface area contributed by atoms with E-state index < -0.39 is 17.7 Å². The van der Waals surface area contributed by atoms with Gasteiger partial charge < -0.3 is 14.8 Å². The van der Waals surface area contributed by atoms with E-state index in [2.05, 4.69) is 21.2 Å². The molecule has 128 valence electrons. The number of methoxy groups -OCH3 is 1. The second kappa shape index (κ2) is 8.10. The molecule has 2 aromatic carbocycles. The fraction of sp³-hybridized carbons (Fsp3) is 0.235. The average molecular weight is 400 g/mol. The normalized spacial score (nSPS) is 11.7. The standard InChI is InChI=1S/C17H16BrF2NO3/c1-10(11-3-5-16(23-2)14(20)7-11)21-17(22)9-24-15-6-4-12(19)8-13(15)18/h3-8,10H,9H2,1-2H3,(H,21,22)/t10-/m0/s1. The molecule has 1 amide bonds. The molecule has 0 heterocycles. The predicted molar refractivity (Wildman–Crippen MR) is 89.1 cm³/mol. The van der Waals surface area contributed by atoms with Crippen molar-refractivity contribution < 1.29 is 23.0 Å². The molecule has 0 fully saturated rings. The van der Waals surface area contributed by atoms with Gasteiger partial charge in [-0.3, -0.25) is 4.79 Å². The Morgan fingerprint density at radius 3 is 2.54 bits per heavy atom. The van der Waals surface area contributed by atoms with Crippen LogP contribution < -0.4 is 14.8 Å². The van der Waals surface area contributed by atoms with Gasteiger partial charge in [-0.1, -0.05) is 6.07 Å². The Labute approximate surface area is 146 Å². The maximum absolute atomic E-state index is 13.7. The summed E-state index contributed by atoms with van der Waals surface area (Å²) in [6, 6.07) is 7.98. The second-order valence-corrected chi connectivity index (χ2v) is 5.90. The van der Waals surface area contributed by atoms with E-state index in [4.69, 9.17) is 9.47 Å². The molecule has 0 aliphatic heterocycles. The summed E-state index contributed by atoms with van der Waals surface area (Å²) in [7, 11) is 1.38. The fourth-order valence-corrected chi connectivity index (χ4v) is 2.52. The Hall–Kier alpha value is -2.15. The lowest BCUT2D eigenvalue weighted by Gasteiger charge is -2.16. The highest BCUT2D eigenvalue weighted by molar-refractivity contribution is 9.10. The molecule has 0 aliphatic carbocycles. The van der Waals surface area contributed by atoms with Gasteiger partial charge in [-0.2, -0.15) is 0 Å². The number of rotatable bonds is 6. The summed E-state index contributed by atoms with van der Waals surface area (Å²) in [4.78, 5) is 11.9. The van der Waals surface area contributed by atoms with Crippen LogP contribution in [0.4, 0.5) is 8.78 Å². The number of hydrogen-bond acceptors (Lipinski definition) is 3. The minimum atomic E-state index is -0.498. The molecule has 0 aliphatic rings. The first-order chi connectivity index (χ1) is 11.4. The molecule has 0 spiro atoms. The molecule has 0 saturated carbocycles. The molecule has 2 aromatic rings. The lowest BCUT2D eigenvalue weighted by atomic mass is 10.1. The molecule has 2 rings (SSSR count). The molecule has 0 radical (unpaired) electrons. The van der Waals surface area contributed by atoms with Crippen molar-refractivity contribution in [1.82, 2.24) is 5.32 Å². The van der Waals surface area contributed by atoms with Crippen LogP contribution in [0.2, 0.25) is 0 Å². The zero-order valence-electron chi connectivity index (χ0n) is 13.1. The summed E-state index contributed by atoms with van der Waals surface area (Å²) < 4.78 is 37.3. The van der Waals surface area contributed by atoms with Gasteiger partial charge in [0.1, 0.15) is 11.6 Å². The van der Waals surface area contributed by atoms with Crippen molar-refractivity contribution in [3.8, 4) is 11.5 Å². The van der Waals surface area contributed by atoms with Gasteiger partial charge in [-0.15, -0.1) is 0 Å². The van der Waals surface area contributed by atoms with Crippen LogP contribution >= 0.6 is 15.9 Å². The summed E-state index contributed by atoms with van der Waals surface area (Å²) in [5, 5.41) is 2.70.